The van der Waals surface area contributed by atoms with Crippen LogP contribution >= 0.6 is 7.44 Å². The Kier molecular flexibility index (Phi) is 9.69. The molecule has 2 aliphatic rings. The highest BCUT2D eigenvalue weighted by atomic mass is 32.2. The van der Waals surface area contributed by atoms with E-state index >= 15 is 0 Å². The number of hydrogen-bond donors (Lipinski definition) is 2. The van der Waals surface area contributed by atoms with E-state index in [-0.39, 0.29) is 30.7 Å². The molecule has 0 saturated carbocycles. The molecule has 228 valence electrons. The minimum atomic E-state index is -3.68. The van der Waals surface area contributed by atoms with E-state index in [4.69, 9.17) is 14.2 Å². The molecule has 0 bridgehead atoms. The molecule has 2 N–H and O–H groups in total. The Bertz CT molecular complexity index is 1400. The number of nitrogens with one attached hydrogen (secondary N) is 2. The van der Waals surface area contributed by atoms with Crippen molar-refractivity contribution in [3.63, 3.8) is 0 Å². The monoisotopic (exact) mass is 619 g/mol. The van der Waals surface area contributed by atoms with Gasteiger partial charge in [-0.15, -0.1) is 0 Å². The van der Waals surface area contributed by atoms with Crippen LogP contribution in [0.5, 0.6) is 0 Å². The van der Waals surface area contributed by atoms with Crippen molar-refractivity contribution in [2.75, 3.05) is 26.3 Å². The number of rotatable bonds is 11. The average molecular weight is 620 g/mol. The molecule has 0 radical (unpaired) electrons. The average Bonchev–Trinajstić information content (AvgIpc) is 3.45. The summed E-state index contributed by atoms with van der Waals surface area (Å²) in [4.78, 5) is 14.5. The Morgan fingerprint density at radius 1 is 1.27 bits per heavy atom. The summed E-state index contributed by atoms with van der Waals surface area (Å²) in [5, 5.41) is 10.0. The summed E-state index contributed by atoms with van der Waals surface area (Å²) in [6.45, 7) is 5.80. The zero-order valence-electron chi connectivity index (χ0n) is 23.5. The van der Waals surface area contributed by atoms with Crippen molar-refractivity contribution in [2.45, 2.75) is 70.6 Å². The smallest absolute Gasteiger partial charge is 0.323 e. The number of nitrogens with zero attached hydrogens (tertiary/aromatic N) is 3. The number of methoxy groups -OCH3 is 1. The molecule has 5 atom stereocenters. The van der Waals surface area contributed by atoms with Crippen LogP contribution < -0.4 is 10.2 Å². The summed E-state index contributed by atoms with van der Waals surface area (Å²) >= 11 is 0. The molecule has 0 aliphatic carbocycles. The second-order valence-electron chi connectivity index (χ2n) is 10.7. The zero-order valence-corrected chi connectivity index (χ0v) is 25.3. The highest BCUT2D eigenvalue weighted by Crippen LogP contribution is 2.43. The van der Waals surface area contributed by atoms with Gasteiger partial charge in [-0.25, -0.2) is 27.4 Å². The van der Waals surface area contributed by atoms with Gasteiger partial charge in [0.2, 0.25) is 7.44 Å². The third-order valence-corrected chi connectivity index (χ3v) is 9.90. The van der Waals surface area contributed by atoms with Gasteiger partial charge in [-0.05, 0) is 45.4 Å². The van der Waals surface area contributed by atoms with Crippen LogP contribution in [0.2, 0.25) is 0 Å². The number of esters is 1. The fraction of sp³-hybridized carbons (Fsp3) is 0.600. The van der Waals surface area contributed by atoms with Gasteiger partial charge >= 0.3 is 5.97 Å². The first kappa shape index (κ1) is 31.7. The Balaban J connectivity index is 1.58. The molecule has 2 aliphatic heterocycles. The molecule has 1 aromatic carbocycles. The molecule has 2 aromatic rings. The van der Waals surface area contributed by atoms with Crippen molar-refractivity contribution in [1.29, 1.82) is 0 Å². The Labute approximate surface area is 238 Å². The molecule has 3 heterocycles. The van der Waals surface area contributed by atoms with Crippen molar-refractivity contribution >= 4 is 23.4 Å². The number of fused-ring (bicyclic) bond motifs is 1. The van der Waals surface area contributed by atoms with Crippen molar-refractivity contribution in [3.8, 4) is 0 Å². The molecule has 41 heavy (non-hydrogen) atoms. The van der Waals surface area contributed by atoms with Crippen molar-refractivity contribution in [3.05, 3.63) is 52.9 Å². The van der Waals surface area contributed by atoms with E-state index in [2.05, 4.69) is 15.3 Å². The van der Waals surface area contributed by atoms with Crippen molar-refractivity contribution in [2.24, 2.45) is 0 Å². The largest absolute Gasteiger partial charge is 0.462 e. The van der Waals surface area contributed by atoms with Crippen LogP contribution in [0.4, 0.5) is 8.78 Å². The molecule has 1 unspecified atom stereocenters. The first-order valence-corrected chi connectivity index (χ1v) is 16.9. The maximum Gasteiger partial charge on any atom is 0.323 e. The van der Waals surface area contributed by atoms with E-state index in [0.717, 1.165) is 34.1 Å². The lowest BCUT2D eigenvalue weighted by Gasteiger charge is -2.42. The molecule has 0 amide bonds. The van der Waals surface area contributed by atoms with Crippen LogP contribution in [-0.4, -0.2) is 79.0 Å². The van der Waals surface area contributed by atoms with Crippen LogP contribution in [0.1, 0.15) is 50.1 Å². The van der Waals surface area contributed by atoms with Crippen LogP contribution in [0.15, 0.2) is 24.4 Å². The lowest BCUT2D eigenvalue weighted by atomic mass is 9.93. The van der Waals surface area contributed by atoms with Crippen LogP contribution in [-0.2, 0) is 46.7 Å². The van der Waals surface area contributed by atoms with E-state index in [1.807, 2.05) is 4.90 Å². The first-order valence-electron chi connectivity index (χ1n) is 13.1. The van der Waals surface area contributed by atoms with Crippen molar-refractivity contribution < 1.29 is 40.8 Å². The number of hydrogen-bond acceptors (Lipinski definition) is 9. The quantitative estimate of drug-likeness (QED) is 0.283. The van der Waals surface area contributed by atoms with Crippen molar-refractivity contribution in [1.82, 2.24) is 24.3 Å². The zero-order chi connectivity index (χ0) is 30.1. The minimum Gasteiger partial charge on any atom is -0.462 e. The Morgan fingerprint density at radius 2 is 2.00 bits per heavy atom. The maximum absolute atomic E-state index is 14.9. The number of carbonyl (C=O) groups is 1. The second kappa shape index (κ2) is 12.5. The molecule has 1 saturated heterocycles. The first-order chi connectivity index (χ1) is 19.2. The third kappa shape index (κ3) is 7.58. The van der Waals surface area contributed by atoms with E-state index in [1.165, 1.54) is 20.2 Å². The molecular weight excluding hydrogens is 583 g/mol. The minimum absolute atomic E-state index is 0.0358. The van der Waals surface area contributed by atoms with E-state index in [1.54, 1.807) is 13.8 Å². The lowest BCUT2D eigenvalue weighted by Crippen LogP contribution is -2.51. The molecule has 1 aromatic heterocycles. The SMILES string of the molecule is COCP(=O)(N[C@@H](C)C(=O)OC(C)C)N[C@H]1C[C@@H](N2Cc3cn(S(C)(=O)=O)nc3C2)CO[C@@H]1c1cc(F)ccc1F. The van der Waals surface area contributed by atoms with Crippen LogP contribution in [0.25, 0.3) is 0 Å². The maximum atomic E-state index is 14.9. The van der Waals surface area contributed by atoms with Crippen LogP contribution in [0, 0.1) is 11.6 Å². The summed E-state index contributed by atoms with van der Waals surface area (Å²) in [5.74, 6) is -1.94. The van der Waals surface area contributed by atoms with Gasteiger partial charge in [0.1, 0.15) is 30.1 Å². The number of benzene rings is 1. The highest BCUT2D eigenvalue weighted by Gasteiger charge is 2.42. The Morgan fingerprint density at radius 3 is 2.63 bits per heavy atom. The highest BCUT2D eigenvalue weighted by molar-refractivity contribution is 7.89. The van der Waals surface area contributed by atoms with Gasteiger partial charge in [0.25, 0.3) is 10.0 Å². The fourth-order valence-corrected chi connectivity index (χ4v) is 7.73. The number of halogens is 2. The molecular formula is C25H36F2N5O7PS. The second-order valence-corrected chi connectivity index (χ2v) is 14.8. The Hall–Kier alpha value is -2.26. The summed E-state index contributed by atoms with van der Waals surface area (Å²) in [6.07, 6.45) is 1.16. The number of aromatic nitrogens is 2. The van der Waals surface area contributed by atoms with Gasteiger partial charge in [0, 0.05) is 49.6 Å². The molecule has 12 nitrogen and oxygen atoms in total. The van der Waals surface area contributed by atoms with E-state index < -0.39 is 53.3 Å². The fourth-order valence-electron chi connectivity index (χ4n) is 5.07. The summed E-state index contributed by atoms with van der Waals surface area (Å²) in [7, 11) is -5.84. The van der Waals surface area contributed by atoms with Crippen LogP contribution in [0.3, 0.4) is 0 Å². The molecule has 4 rings (SSSR count). The van der Waals surface area contributed by atoms with Gasteiger partial charge < -0.3 is 14.2 Å². The van der Waals surface area contributed by atoms with Gasteiger partial charge in [0.05, 0.1) is 24.7 Å². The number of carbonyl (C=O) groups excluding carboxylic acids is 1. The normalized spacial score (nSPS) is 23.8. The van der Waals surface area contributed by atoms with Gasteiger partial charge in [0.15, 0.2) is 0 Å². The van der Waals surface area contributed by atoms with E-state index in [0.29, 0.717) is 25.2 Å². The summed E-state index contributed by atoms with van der Waals surface area (Å²) in [6, 6.07) is 1.04. The van der Waals surface area contributed by atoms with E-state index in [9.17, 15) is 26.6 Å². The summed E-state index contributed by atoms with van der Waals surface area (Å²) in [5.41, 5.74) is 1.33. The van der Waals surface area contributed by atoms with Gasteiger partial charge in [-0.2, -0.15) is 9.19 Å². The predicted molar refractivity (Wildman–Crippen MR) is 145 cm³/mol. The number of ether oxygens (including phenoxy) is 3. The topological polar surface area (TPSA) is 141 Å². The molecule has 16 heteroatoms. The molecule has 0 spiro atoms. The standard InChI is InChI=1S/C25H36F2N5O7PS/c1-15(2)39-25(33)16(3)29-40(34,14-37-4)30-22-9-19(13-38-24(22)20-8-18(26)6-7-21(20)27)31-10-17-11-32(41(5,35)36)28-23(17)12-31/h6-8,11,15-16,19,22,24H,9-10,12-14H2,1-5H3,(H2,29,30,34)/t16-,19+,22-,24+,40?/m0/s1. The lowest BCUT2D eigenvalue weighted by molar-refractivity contribution is -0.148. The third-order valence-electron chi connectivity index (χ3n) is 6.86. The van der Waals surface area contributed by atoms with Gasteiger partial charge in [-0.1, -0.05) is 0 Å². The molecule has 1 fully saturated rings. The van der Waals surface area contributed by atoms with Gasteiger partial charge in [-0.3, -0.25) is 14.3 Å². The predicted octanol–water partition coefficient (Wildman–Crippen LogP) is 2.50. The summed E-state index contributed by atoms with van der Waals surface area (Å²) < 4.78 is 84.3.